The van der Waals surface area contributed by atoms with Gasteiger partial charge >= 0.3 is 0 Å². The van der Waals surface area contributed by atoms with E-state index in [1.54, 1.807) is 0 Å². The summed E-state index contributed by atoms with van der Waals surface area (Å²) in [6.07, 6.45) is 1.57. The summed E-state index contributed by atoms with van der Waals surface area (Å²) in [4.78, 5) is 16.9. The molecular formula is C20H25F2N5O. The molecule has 8 heteroatoms. The predicted molar refractivity (Wildman–Crippen MR) is 101 cm³/mol. The van der Waals surface area contributed by atoms with Crippen molar-refractivity contribution >= 4 is 5.91 Å². The van der Waals surface area contributed by atoms with Crippen molar-refractivity contribution < 1.29 is 13.6 Å². The number of fused-ring (bicyclic) bond motifs is 1. The second kappa shape index (κ2) is 7.97. The summed E-state index contributed by atoms with van der Waals surface area (Å²) in [7, 11) is 0. The molecule has 2 aliphatic rings. The first kappa shape index (κ1) is 19.0. The average Bonchev–Trinajstić information content (AvgIpc) is 3.14. The molecule has 1 aromatic carbocycles. The molecule has 2 aromatic rings. The minimum Gasteiger partial charge on any atom is -0.335 e. The molecule has 0 aliphatic carbocycles. The number of aromatic amines is 1. The lowest BCUT2D eigenvalue weighted by Gasteiger charge is -2.39. The van der Waals surface area contributed by atoms with Gasteiger partial charge in [0, 0.05) is 74.6 Å². The lowest BCUT2D eigenvalue weighted by atomic mass is 10.0. The van der Waals surface area contributed by atoms with Crippen LogP contribution in [0.25, 0.3) is 0 Å². The number of nitrogens with zero attached hydrogens (tertiary/aromatic N) is 3. The molecule has 1 atom stereocenters. The molecule has 6 nitrogen and oxygen atoms in total. The molecule has 2 N–H and O–H groups in total. The Morgan fingerprint density at radius 3 is 2.75 bits per heavy atom. The Morgan fingerprint density at radius 1 is 1.25 bits per heavy atom. The number of benzene rings is 1. The highest BCUT2D eigenvalue weighted by Crippen LogP contribution is 2.28. The SMILES string of the molecule is CCC(c1ccc(F)cc1F)N1CCN(C(=O)c2n[nH]c3c2CNCC3)CC1. The van der Waals surface area contributed by atoms with Gasteiger partial charge in [-0.1, -0.05) is 13.0 Å². The summed E-state index contributed by atoms with van der Waals surface area (Å²) < 4.78 is 27.5. The number of hydrogen-bond acceptors (Lipinski definition) is 4. The Labute approximate surface area is 162 Å². The zero-order chi connectivity index (χ0) is 19.7. The van der Waals surface area contributed by atoms with Crippen LogP contribution >= 0.6 is 0 Å². The monoisotopic (exact) mass is 389 g/mol. The summed E-state index contributed by atoms with van der Waals surface area (Å²) in [5.74, 6) is -1.13. The summed E-state index contributed by atoms with van der Waals surface area (Å²) in [5.41, 5.74) is 3.03. The Balaban J connectivity index is 1.44. The van der Waals surface area contributed by atoms with E-state index in [4.69, 9.17) is 0 Å². The fourth-order valence-corrected chi connectivity index (χ4v) is 4.24. The van der Waals surface area contributed by atoms with E-state index in [-0.39, 0.29) is 11.9 Å². The highest BCUT2D eigenvalue weighted by Gasteiger charge is 2.31. The molecule has 3 heterocycles. The van der Waals surface area contributed by atoms with E-state index in [1.165, 1.54) is 12.1 Å². The number of carbonyl (C=O) groups excluding carboxylic acids is 1. The first-order valence-corrected chi connectivity index (χ1v) is 9.83. The summed E-state index contributed by atoms with van der Waals surface area (Å²) in [6.45, 7) is 5.96. The van der Waals surface area contributed by atoms with Crippen LogP contribution in [-0.2, 0) is 13.0 Å². The van der Waals surface area contributed by atoms with Gasteiger partial charge in [0.2, 0.25) is 0 Å². The van der Waals surface area contributed by atoms with Crippen LogP contribution in [0.3, 0.4) is 0 Å². The van der Waals surface area contributed by atoms with Crippen LogP contribution in [0.1, 0.15) is 46.7 Å². The van der Waals surface area contributed by atoms with E-state index in [9.17, 15) is 13.6 Å². The van der Waals surface area contributed by atoms with Crippen molar-refractivity contribution in [3.8, 4) is 0 Å². The van der Waals surface area contributed by atoms with Gasteiger partial charge in [0.1, 0.15) is 11.6 Å². The maximum Gasteiger partial charge on any atom is 0.274 e. The Kier molecular flexibility index (Phi) is 5.41. The van der Waals surface area contributed by atoms with E-state index in [2.05, 4.69) is 20.4 Å². The van der Waals surface area contributed by atoms with Gasteiger partial charge in [-0.2, -0.15) is 5.10 Å². The Morgan fingerprint density at radius 2 is 2.04 bits per heavy atom. The molecule has 0 bridgehead atoms. The topological polar surface area (TPSA) is 64.3 Å². The molecule has 0 radical (unpaired) electrons. The molecule has 0 saturated carbocycles. The first-order valence-electron chi connectivity index (χ1n) is 9.83. The van der Waals surface area contributed by atoms with Gasteiger partial charge < -0.3 is 10.2 Å². The minimum atomic E-state index is -0.566. The standard InChI is InChI=1S/C20H25F2N5O/c1-2-18(14-4-3-13(21)11-16(14)22)26-7-9-27(10-8-26)20(28)19-15-12-23-6-5-17(15)24-25-19/h3-4,11,18,23H,2,5-10,12H2,1H3,(H,24,25). The number of hydrogen-bond donors (Lipinski definition) is 2. The first-order chi connectivity index (χ1) is 13.6. The fourth-order valence-electron chi connectivity index (χ4n) is 4.24. The van der Waals surface area contributed by atoms with Crippen molar-refractivity contribution in [3.05, 3.63) is 52.3 Å². The lowest BCUT2D eigenvalue weighted by molar-refractivity contribution is 0.0552. The van der Waals surface area contributed by atoms with Crippen LogP contribution in [0, 0.1) is 11.6 Å². The van der Waals surface area contributed by atoms with Crippen molar-refractivity contribution in [3.63, 3.8) is 0 Å². The number of halogens is 2. The quantitative estimate of drug-likeness (QED) is 0.842. The maximum absolute atomic E-state index is 14.2. The summed E-state index contributed by atoms with van der Waals surface area (Å²) in [6, 6.07) is 3.64. The van der Waals surface area contributed by atoms with Crippen LogP contribution in [0.15, 0.2) is 18.2 Å². The van der Waals surface area contributed by atoms with Crippen molar-refractivity contribution in [2.24, 2.45) is 0 Å². The van der Waals surface area contributed by atoms with E-state index < -0.39 is 11.6 Å². The number of aromatic nitrogens is 2. The molecular weight excluding hydrogens is 364 g/mol. The van der Waals surface area contributed by atoms with Crippen LogP contribution in [-0.4, -0.2) is 58.6 Å². The Hall–Kier alpha value is -2.32. The maximum atomic E-state index is 14.2. The van der Waals surface area contributed by atoms with Gasteiger partial charge in [-0.25, -0.2) is 8.78 Å². The van der Waals surface area contributed by atoms with E-state index >= 15 is 0 Å². The molecule has 28 heavy (non-hydrogen) atoms. The molecule has 150 valence electrons. The number of rotatable bonds is 4. The van der Waals surface area contributed by atoms with Crippen molar-refractivity contribution in [1.29, 1.82) is 0 Å². The van der Waals surface area contributed by atoms with Crippen LogP contribution < -0.4 is 5.32 Å². The van der Waals surface area contributed by atoms with Gasteiger partial charge in [-0.15, -0.1) is 0 Å². The van der Waals surface area contributed by atoms with Crippen LogP contribution in [0.5, 0.6) is 0 Å². The molecule has 1 fully saturated rings. The predicted octanol–water partition coefficient (Wildman–Crippen LogP) is 2.24. The fraction of sp³-hybridized carbons (Fsp3) is 0.500. The minimum absolute atomic E-state index is 0.0538. The van der Waals surface area contributed by atoms with Crippen LogP contribution in [0.4, 0.5) is 8.78 Å². The van der Waals surface area contributed by atoms with Crippen molar-refractivity contribution in [2.75, 3.05) is 32.7 Å². The van der Waals surface area contributed by atoms with Crippen molar-refractivity contribution in [1.82, 2.24) is 25.3 Å². The summed E-state index contributed by atoms with van der Waals surface area (Å²) >= 11 is 0. The third kappa shape index (κ3) is 3.54. The third-order valence-electron chi connectivity index (χ3n) is 5.76. The van der Waals surface area contributed by atoms with E-state index in [1.807, 2.05) is 11.8 Å². The average molecular weight is 389 g/mol. The zero-order valence-corrected chi connectivity index (χ0v) is 16.0. The van der Waals surface area contributed by atoms with Gasteiger partial charge in [0.05, 0.1) is 0 Å². The number of piperazine rings is 1. The highest BCUT2D eigenvalue weighted by atomic mass is 19.1. The molecule has 1 unspecified atom stereocenters. The van der Waals surface area contributed by atoms with Gasteiger partial charge in [0.25, 0.3) is 5.91 Å². The highest BCUT2D eigenvalue weighted by molar-refractivity contribution is 5.94. The Bertz CT molecular complexity index is 860. The lowest BCUT2D eigenvalue weighted by Crippen LogP contribution is -2.50. The van der Waals surface area contributed by atoms with Gasteiger partial charge in [0.15, 0.2) is 5.69 Å². The second-order valence-corrected chi connectivity index (χ2v) is 7.37. The number of nitrogens with one attached hydrogen (secondary N) is 2. The number of H-pyrrole nitrogens is 1. The summed E-state index contributed by atoms with van der Waals surface area (Å²) in [5, 5.41) is 10.5. The molecule has 0 spiro atoms. The zero-order valence-electron chi connectivity index (χ0n) is 16.0. The molecule has 1 amide bonds. The molecule has 4 rings (SSSR count). The number of carbonyl (C=O) groups is 1. The number of amides is 1. The van der Waals surface area contributed by atoms with E-state index in [0.717, 1.165) is 36.7 Å². The smallest absolute Gasteiger partial charge is 0.274 e. The largest absolute Gasteiger partial charge is 0.335 e. The van der Waals surface area contributed by atoms with E-state index in [0.29, 0.717) is 44.0 Å². The van der Waals surface area contributed by atoms with Crippen LogP contribution in [0.2, 0.25) is 0 Å². The molecule has 1 aromatic heterocycles. The van der Waals surface area contributed by atoms with Crippen molar-refractivity contribution in [2.45, 2.75) is 32.4 Å². The van der Waals surface area contributed by atoms with Gasteiger partial charge in [-0.05, 0) is 12.5 Å². The third-order valence-corrected chi connectivity index (χ3v) is 5.76. The van der Waals surface area contributed by atoms with Gasteiger partial charge in [-0.3, -0.25) is 14.8 Å². The normalized spacial score (nSPS) is 18.8. The molecule has 1 saturated heterocycles. The second-order valence-electron chi connectivity index (χ2n) is 7.37. The molecule has 2 aliphatic heterocycles.